The molecule has 0 aliphatic carbocycles. The molecule has 8 heteroatoms. The third kappa shape index (κ3) is 3.63. The predicted molar refractivity (Wildman–Crippen MR) is 115 cm³/mol. The van der Waals surface area contributed by atoms with Crippen molar-refractivity contribution in [3.8, 4) is 17.1 Å². The van der Waals surface area contributed by atoms with Gasteiger partial charge in [-0.3, -0.25) is 9.59 Å². The highest BCUT2D eigenvalue weighted by Crippen LogP contribution is 2.32. The molecule has 2 heterocycles. The first-order chi connectivity index (χ1) is 14.3. The molecule has 0 atom stereocenters. The largest absolute Gasteiger partial charge is 0.507 e. The second-order valence-electron chi connectivity index (χ2n) is 6.51. The lowest BCUT2D eigenvalue weighted by Gasteiger charge is -2.10. The summed E-state index contributed by atoms with van der Waals surface area (Å²) < 4.78 is 5.79. The van der Waals surface area contributed by atoms with Crippen LogP contribution in [0.3, 0.4) is 0 Å². The summed E-state index contributed by atoms with van der Waals surface area (Å²) in [6.45, 7) is 1.61. The van der Waals surface area contributed by atoms with Crippen LogP contribution in [0.25, 0.3) is 17.4 Å². The lowest BCUT2D eigenvalue weighted by Crippen LogP contribution is -2.29. The van der Waals surface area contributed by atoms with Gasteiger partial charge in [-0.2, -0.15) is 10.1 Å². The van der Waals surface area contributed by atoms with Crippen molar-refractivity contribution in [3.63, 3.8) is 0 Å². The highest BCUT2D eigenvalue weighted by Gasteiger charge is 2.34. The van der Waals surface area contributed by atoms with Crippen LogP contribution in [0.4, 0.5) is 0 Å². The fourth-order valence-electron chi connectivity index (χ4n) is 3.00. The van der Waals surface area contributed by atoms with Gasteiger partial charge in [0.25, 0.3) is 11.8 Å². The van der Waals surface area contributed by atoms with Crippen molar-refractivity contribution in [2.45, 2.75) is 6.92 Å². The smallest absolute Gasteiger partial charge is 0.285 e. The number of aromatic hydroxyl groups is 1. The van der Waals surface area contributed by atoms with E-state index < -0.39 is 11.8 Å². The normalized spacial score (nSPS) is 15.0. The average molecular weight is 441 g/mol. The molecule has 0 radical (unpaired) electrons. The van der Waals surface area contributed by atoms with Crippen molar-refractivity contribution in [2.75, 3.05) is 0 Å². The zero-order chi connectivity index (χ0) is 21.4. The van der Waals surface area contributed by atoms with Crippen LogP contribution in [0.1, 0.15) is 23.0 Å². The lowest BCUT2D eigenvalue weighted by atomic mass is 10.1. The van der Waals surface area contributed by atoms with Gasteiger partial charge in [-0.1, -0.05) is 35.3 Å². The number of carbonyl (C=O) groups excluding carboxylic acids is 2. The Labute approximate surface area is 181 Å². The maximum atomic E-state index is 12.8. The first kappa shape index (κ1) is 19.9. The van der Waals surface area contributed by atoms with E-state index in [0.29, 0.717) is 32.8 Å². The number of rotatable bonds is 3. The number of carbonyl (C=O) groups is 2. The van der Waals surface area contributed by atoms with Crippen molar-refractivity contribution in [2.24, 2.45) is 5.10 Å². The highest BCUT2D eigenvalue weighted by atomic mass is 35.5. The standard InChI is InChI=1S/C22H14Cl2N2O4/c1-12-17(22(29)26(25-12)21(28)16-4-2-3-5-19(16)27)11-14-7-9-20(30-14)15-8-6-13(23)10-18(15)24/h2-11,27H,1H3/b17-11+. The summed E-state index contributed by atoms with van der Waals surface area (Å²) in [6, 6.07) is 14.4. The number of para-hydroxylation sites is 1. The van der Waals surface area contributed by atoms with Crippen LogP contribution in [0.5, 0.6) is 5.75 Å². The zero-order valence-corrected chi connectivity index (χ0v) is 17.1. The Morgan fingerprint density at radius 2 is 1.90 bits per heavy atom. The fraction of sp³-hybridized carbons (Fsp3) is 0.0455. The Kier molecular flexibility index (Phi) is 5.20. The molecule has 0 saturated heterocycles. The summed E-state index contributed by atoms with van der Waals surface area (Å²) in [4.78, 5) is 25.4. The minimum absolute atomic E-state index is 0.0127. The van der Waals surface area contributed by atoms with Gasteiger partial charge in [-0.15, -0.1) is 0 Å². The molecular weight excluding hydrogens is 427 g/mol. The summed E-state index contributed by atoms with van der Waals surface area (Å²) in [6.07, 6.45) is 1.51. The third-order valence-electron chi connectivity index (χ3n) is 4.50. The van der Waals surface area contributed by atoms with E-state index >= 15 is 0 Å². The number of hydrogen-bond acceptors (Lipinski definition) is 5. The van der Waals surface area contributed by atoms with Crippen LogP contribution in [-0.2, 0) is 4.79 Å². The summed E-state index contributed by atoms with van der Waals surface area (Å²) in [5.41, 5.74) is 1.21. The Morgan fingerprint density at radius 3 is 2.63 bits per heavy atom. The molecule has 1 aliphatic rings. The molecule has 1 aromatic heterocycles. The Balaban J connectivity index is 1.62. The van der Waals surface area contributed by atoms with Crippen LogP contribution in [0.15, 0.2) is 69.7 Å². The van der Waals surface area contributed by atoms with Crippen molar-refractivity contribution >= 4 is 46.8 Å². The highest BCUT2D eigenvalue weighted by molar-refractivity contribution is 6.36. The summed E-state index contributed by atoms with van der Waals surface area (Å²) in [5.74, 6) is -0.648. The maximum Gasteiger partial charge on any atom is 0.285 e. The fourth-order valence-corrected chi connectivity index (χ4v) is 3.50. The van der Waals surface area contributed by atoms with Gasteiger partial charge in [0, 0.05) is 10.6 Å². The Hall–Kier alpha value is -3.35. The minimum Gasteiger partial charge on any atom is -0.507 e. The van der Waals surface area contributed by atoms with E-state index in [-0.39, 0.29) is 16.9 Å². The van der Waals surface area contributed by atoms with Gasteiger partial charge in [0.15, 0.2) is 0 Å². The van der Waals surface area contributed by atoms with E-state index in [2.05, 4.69) is 5.10 Å². The van der Waals surface area contributed by atoms with Crippen LogP contribution in [0, 0.1) is 0 Å². The van der Waals surface area contributed by atoms with E-state index in [1.165, 1.54) is 18.2 Å². The van der Waals surface area contributed by atoms with Gasteiger partial charge in [0.05, 0.1) is 21.9 Å². The van der Waals surface area contributed by atoms with E-state index in [0.717, 1.165) is 5.01 Å². The van der Waals surface area contributed by atoms with E-state index in [9.17, 15) is 14.7 Å². The number of phenols is 1. The topological polar surface area (TPSA) is 83.1 Å². The molecular formula is C22H14Cl2N2O4. The molecule has 150 valence electrons. The third-order valence-corrected chi connectivity index (χ3v) is 5.05. The first-order valence-corrected chi connectivity index (χ1v) is 9.60. The molecule has 0 unspecified atom stereocenters. The molecule has 4 rings (SSSR count). The molecule has 1 aliphatic heterocycles. The molecule has 0 fully saturated rings. The number of hydrazone groups is 1. The first-order valence-electron chi connectivity index (χ1n) is 8.84. The number of imide groups is 1. The molecule has 0 spiro atoms. The van der Waals surface area contributed by atoms with Crippen LogP contribution >= 0.6 is 23.2 Å². The van der Waals surface area contributed by atoms with Gasteiger partial charge in [0.2, 0.25) is 0 Å². The molecule has 2 aromatic carbocycles. The summed E-state index contributed by atoms with van der Waals surface area (Å²) in [5, 5.41) is 15.6. The average Bonchev–Trinajstić information content (AvgIpc) is 3.28. The number of furan rings is 1. The Bertz CT molecular complexity index is 1240. The second kappa shape index (κ2) is 7.82. The number of halogens is 2. The van der Waals surface area contributed by atoms with E-state index in [1.807, 2.05) is 0 Å². The maximum absolute atomic E-state index is 12.8. The van der Waals surface area contributed by atoms with Gasteiger partial charge < -0.3 is 9.52 Å². The van der Waals surface area contributed by atoms with E-state index in [4.69, 9.17) is 27.6 Å². The number of amides is 2. The van der Waals surface area contributed by atoms with Gasteiger partial charge in [-0.05, 0) is 55.5 Å². The molecule has 6 nitrogen and oxygen atoms in total. The monoisotopic (exact) mass is 440 g/mol. The molecule has 1 N–H and O–H groups in total. The molecule has 2 amide bonds. The van der Waals surface area contributed by atoms with E-state index in [1.54, 1.807) is 49.4 Å². The summed E-state index contributed by atoms with van der Waals surface area (Å²) >= 11 is 12.1. The number of phenolic OH excluding ortho intramolecular Hbond substituents is 1. The second-order valence-corrected chi connectivity index (χ2v) is 7.35. The number of hydrogen-bond donors (Lipinski definition) is 1. The lowest BCUT2D eigenvalue weighted by molar-refractivity contribution is -0.123. The molecule has 0 saturated carbocycles. The van der Waals surface area contributed by atoms with Gasteiger partial charge >= 0.3 is 0 Å². The molecule has 0 bridgehead atoms. The van der Waals surface area contributed by atoms with Crippen LogP contribution in [0.2, 0.25) is 10.0 Å². The van der Waals surface area contributed by atoms with Crippen molar-refractivity contribution < 1.29 is 19.1 Å². The van der Waals surface area contributed by atoms with Crippen LogP contribution < -0.4 is 0 Å². The van der Waals surface area contributed by atoms with Crippen molar-refractivity contribution in [3.05, 3.63) is 81.5 Å². The zero-order valence-electron chi connectivity index (χ0n) is 15.6. The van der Waals surface area contributed by atoms with Crippen molar-refractivity contribution in [1.82, 2.24) is 5.01 Å². The SMILES string of the molecule is CC1=NN(C(=O)c2ccccc2O)C(=O)/C1=C/c1ccc(-c2ccc(Cl)cc2Cl)o1. The molecule has 30 heavy (non-hydrogen) atoms. The van der Waals surface area contributed by atoms with Gasteiger partial charge in [0.1, 0.15) is 17.3 Å². The quantitative estimate of drug-likeness (QED) is 0.436. The predicted octanol–water partition coefficient (Wildman–Crippen LogP) is 5.40. The summed E-state index contributed by atoms with van der Waals surface area (Å²) in [7, 11) is 0. The van der Waals surface area contributed by atoms with Crippen molar-refractivity contribution in [1.29, 1.82) is 0 Å². The van der Waals surface area contributed by atoms with Crippen LogP contribution in [-0.4, -0.2) is 27.6 Å². The molecule has 3 aromatic rings. The number of benzene rings is 2. The minimum atomic E-state index is -0.714. The Morgan fingerprint density at radius 1 is 1.13 bits per heavy atom. The van der Waals surface area contributed by atoms with Gasteiger partial charge in [-0.25, -0.2) is 0 Å². The number of nitrogens with zero attached hydrogens (tertiary/aromatic N) is 2.